The number of aromatic nitrogens is 1. The molecule has 1 amide bonds. The Hall–Kier alpha value is -3.71. The van der Waals surface area contributed by atoms with Gasteiger partial charge in [0, 0.05) is 28.9 Å². The van der Waals surface area contributed by atoms with Crippen molar-refractivity contribution < 1.29 is 13.2 Å². The summed E-state index contributed by atoms with van der Waals surface area (Å²) >= 11 is 0. The maximum absolute atomic E-state index is 12.4. The third-order valence-electron chi connectivity index (χ3n) is 5.04. The first-order chi connectivity index (χ1) is 15.3. The topological polar surface area (TPSA) is 88.2 Å². The molecule has 0 atom stereocenters. The zero-order valence-corrected chi connectivity index (χ0v) is 18.6. The number of para-hydroxylation sites is 1. The largest absolute Gasteiger partial charge is 0.380 e. The number of aryl methyl sites for hydroxylation is 1. The van der Waals surface area contributed by atoms with E-state index in [-0.39, 0.29) is 0 Å². The van der Waals surface area contributed by atoms with Gasteiger partial charge in [-0.3, -0.25) is 9.78 Å². The highest BCUT2D eigenvalue weighted by Crippen LogP contribution is 2.26. The second-order valence-electron chi connectivity index (χ2n) is 7.63. The zero-order valence-electron chi connectivity index (χ0n) is 17.8. The van der Waals surface area contributed by atoms with Crippen LogP contribution in [0.5, 0.6) is 0 Å². The molecular weight excluding hydrogens is 422 g/mol. The number of anilines is 1. The Labute approximate surface area is 187 Å². The Morgan fingerprint density at radius 3 is 2.38 bits per heavy atom. The lowest BCUT2D eigenvalue weighted by Gasteiger charge is -2.12. The van der Waals surface area contributed by atoms with Gasteiger partial charge in [0.05, 0.1) is 11.8 Å². The lowest BCUT2D eigenvalue weighted by molar-refractivity contribution is 0.0982. The molecule has 0 unspecified atom stereocenters. The number of rotatable bonds is 6. The van der Waals surface area contributed by atoms with E-state index in [2.05, 4.69) is 10.3 Å². The first-order valence-corrected chi connectivity index (χ1v) is 12.0. The minimum Gasteiger partial charge on any atom is -0.380 e. The molecule has 6 nitrogen and oxygen atoms in total. The maximum atomic E-state index is 12.4. The molecule has 0 saturated heterocycles. The van der Waals surface area contributed by atoms with Gasteiger partial charge in [-0.2, -0.15) is 0 Å². The predicted octanol–water partition coefficient (Wildman–Crippen LogP) is 4.51. The number of carbonyl (C=O) groups is 1. The van der Waals surface area contributed by atoms with Crippen LogP contribution in [0.3, 0.4) is 0 Å². The number of hydrogen-bond donors (Lipinski definition) is 2. The Morgan fingerprint density at radius 1 is 0.938 bits per heavy atom. The second-order valence-corrected chi connectivity index (χ2v) is 9.38. The Kier molecular flexibility index (Phi) is 5.92. The normalized spacial score (nSPS) is 11.3. The van der Waals surface area contributed by atoms with Crippen molar-refractivity contribution in [2.45, 2.75) is 13.5 Å². The smallest absolute Gasteiger partial charge is 0.265 e. The van der Waals surface area contributed by atoms with Gasteiger partial charge in [0.2, 0.25) is 10.0 Å². The van der Waals surface area contributed by atoms with Gasteiger partial charge < -0.3 is 5.32 Å². The molecule has 162 valence electrons. The van der Waals surface area contributed by atoms with Gasteiger partial charge >= 0.3 is 0 Å². The summed E-state index contributed by atoms with van der Waals surface area (Å²) in [6, 6.07) is 24.8. The van der Waals surface area contributed by atoms with Gasteiger partial charge in [0.25, 0.3) is 5.91 Å². The van der Waals surface area contributed by atoms with Crippen molar-refractivity contribution in [3.05, 3.63) is 95.7 Å². The highest BCUT2D eigenvalue weighted by molar-refractivity contribution is 7.89. The molecule has 0 bridgehead atoms. The molecule has 3 aromatic carbocycles. The first-order valence-electron chi connectivity index (χ1n) is 10.1. The minimum absolute atomic E-state index is 0.308. The van der Waals surface area contributed by atoms with Gasteiger partial charge in [0.1, 0.15) is 0 Å². The second kappa shape index (κ2) is 8.80. The molecule has 0 aliphatic heterocycles. The highest BCUT2D eigenvalue weighted by atomic mass is 32.2. The van der Waals surface area contributed by atoms with Crippen LogP contribution in [-0.4, -0.2) is 25.6 Å². The molecule has 7 heteroatoms. The monoisotopic (exact) mass is 445 g/mol. The summed E-state index contributed by atoms with van der Waals surface area (Å²) < 4.78 is 24.9. The summed E-state index contributed by atoms with van der Waals surface area (Å²) in [6.45, 7) is 2.60. The van der Waals surface area contributed by atoms with Crippen molar-refractivity contribution in [1.29, 1.82) is 0 Å². The van der Waals surface area contributed by atoms with E-state index < -0.39 is 15.9 Å². The van der Waals surface area contributed by atoms with Gasteiger partial charge in [-0.15, -0.1) is 0 Å². The van der Waals surface area contributed by atoms with Crippen LogP contribution in [0.25, 0.3) is 22.0 Å². The lowest BCUT2D eigenvalue weighted by atomic mass is 9.98. The fraction of sp³-hybridized carbons (Fsp3) is 0.120. The average Bonchev–Trinajstić information content (AvgIpc) is 2.76. The highest BCUT2D eigenvalue weighted by Gasteiger charge is 2.15. The van der Waals surface area contributed by atoms with E-state index in [4.69, 9.17) is 0 Å². The quantitative estimate of drug-likeness (QED) is 0.456. The van der Waals surface area contributed by atoms with Crippen molar-refractivity contribution in [2.75, 3.05) is 11.6 Å². The van der Waals surface area contributed by atoms with Crippen molar-refractivity contribution in [2.24, 2.45) is 0 Å². The molecule has 0 spiro atoms. The fourth-order valence-electron chi connectivity index (χ4n) is 3.61. The molecule has 1 aromatic heterocycles. The predicted molar refractivity (Wildman–Crippen MR) is 128 cm³/mol. The first kappa shape index (κ1) is 21.5. The zero-order chi connectivity index (χ0) is 22.7. The van der Waals surface area contributed by atoms with E-state index in [0.717, 1.165) is 39.7 Å². The van der Waals surface area contributed by atoms with E-state index in [1.807, 2.05) is 72.3 Å². The van der Waals surface area contributed by atoms with Gasteiger partial charge in [0.15, 0.2) is 0 Å². The third-order valence-corrected chi connectivity index (χ3v) is 5.60. The van der Waals surface area contributed by atoms with Crippen molar-refractivity contribution in [3.63, 3.8) is 0 Å². The Morgan fingerprint density at radius 2 is 1.62 bits per heavy atom. The van der Waals surface area contributed by atoms with Crippen molar-refractivity contribution >= 4 is 32.5 Å². The van der Waals surface area contributed by atoms with Gasteiger partial charge in [-0.05, 0) is 41.8 Å². The molecule has 4 rings (SSSR count). The van der Waals surface area contributed by atoms with E-state index in [9.17, 15) is 13.2 Å². The standard InChI is InChI=1S/C25H23N3O3S/c1-17-15-24(22-9-5-6-10-23(22)27-17)26-16-18-11-13-19(14-12-18)20-7-3-4-8-21(20)25(29)28-32(2,30)31/h3-15H,16H2,1-2H3,(H,26,27)(H,28,29). The van der Waals surface area contributed by atoms with Gasteiger partial charge in [-0.25, -0.2) is 13.1 Å². The van der Waals surface area contributed by atoms with Crippen LogP contribution in [-0.2, 0) is 16.6 Å². The van der Waals surface area contributed by atoms with Gasteiger partial charge in [-0.1, -0.05) is 60.7 Å². The number of pyridine rings is 1. The van der Waals surface area contributed by atoms with Crippen LogP contribution in [0.1, 0.15) is 21.6 Å². The SMILES string of the molecule is Cc1cc(NCc2ccc(-c3ccccc3C(=O)NS(C)(=O)=O)cc2)c2ccccc2n1. The van der Waals surface area contributed by atoms with Crippen LogP contribution in [0.15, 0.2) is 78.9 Å². The molecule has 4 aromatic rings. The Bertz CT molecular complexity index is 1400. The number of amides is 1. The minimum atomic E-state index is -3.64. The summed E-state index contributed by atoms with van der Waals surface area (Å²) in [4.78, 5) is 17.0. The summed E-state index contributed by atoms with van der Waals surface area (Å²) in [5, 5.41) is 4.56. The number of sulfonamides is 1. The molecule has 0 fully saturated rings. The molecular formula is C25H23N3O3S. The summed E-state index contributed by atoms with van der Waals surface area (Å²) in [5.41, 5.74) is 5.81. The molecule has 0 saturated carbocycles. The molecule has 0 aliphatic carbocycles. The molecule has 1 heterocycles. The summed E-state index contributed by atoms with van der Waals surface area (Å²) in [5.74, 6) is -0.645. The number of carbonyl (C=O) groups excluding carboxylic acids is 1. The van der Waals surface area contributed by atoms with Crippen LogP contribution < -0.4 is 10.0 Å². The number of nitrogens with one attached hydrogen (secondary N) is 2. The van der Waals surface area contributed by atoms with E-state index >= 15 is 0 Å². The summed E-state index contributed by atoms with van der Waals surface area (Å²) in [6.07, 6.45) is 0.961. The maximum Gasteiger partial charge on any atom is 0.265 e. The number of hydrogen-bond acceptors (Lipinski definition) is 5. The molecule has 32 heavy (non-hydrogen) atoms. The van der Waals surface area contributed by atoms with E-state index in [1.54, 1.807) is 18.2 Å². The van der Waals surface area contributed by atoms with E-state index in [1.165, 1.54) is 0 Å². The summed E-state index contributed by atoms with van der Waals surface area (Å²) in [7, 11) is -3.64. The van der Waals surface area contributed by atoms with Crippen molar-refractivity contribution in [3.8, 4) is 11.1 Å². The van der Waals surface area contributed by atoms with Crippen LogP contribution >= 0.6 is 0 Å². The number of benzene rings is 3. The number of nitrogens with zero attached hydrogens (tertiary/aromatic N) is 1. The fourth-order valence-corrected chi connectivity index (χ4v) is 4.06. The molecule has 0 radical (unpaired) electrons. The lowest BCUT2D eigenvalue weighted by Crippen LogP contribution is -2.29. The van der Waals surface area contributed by atoms with Crippen LogP contribution in [0, 0.1) is 6.92 Å². The number of fused-ring (bicyclic) bond motifs is 1. The van der Waals surface area contributed by atoms with E-state index in [0.29, 0.717) is 17.7 Å². The molecule has 0 aliphatic rings. The average molecular weight is 446 g/mol. The third kappa shape index (κ3) is 4.95. The van der Waals surface area contributed by atoms with Crippen molar-refractivity contribution in [1.82, 2.24) is 9.71 Å². The van der Waals surface area contributed by atoms with Crippen LogP contribution in [0.4, 0.5) is 5.69 Å². The van der Waals surface area contributed by atoms with Crippen LogP contribution in [0.2, 0.25) is 0 Å². The molecule has 2 N–H and O–H groups in total. The Balaban J connectivity index is 1.55.